The topological polar surface area (TPSA) is 64.3 Å². The second-order valence-electron chi connectivity index (χ2n) is 1.91. The number of carboxylic acids is 1. The first kappa shape index (κ1) is 7.65. The number of hydrogen-bond donors (Lipinski definition) is 1. The number of aromatic nitrogens is 2. The maximum Gasteiger partial charge on any atom is 0.376 e. The summed E-state index contributed by atoms with van der Waals surface area (Å²) >= 11 is 0. The quantitative estimate of drug-likeness (QED) is 0.584. The predicted octanol–water partition coefficient (Wildman–Crippen LogP) is -0.419. The van der Waals surface area contributed by atoms with Crippen LogP contribution in [0.15, 0.2) is 6.20 Å². The van der Waals surface area contributed by atoms with Gasteiger partial charge in [0.05, 0.1) is 6.20 Å². The minimum Gasteiger partial charge on any atom is -0.555 e. The Kier molecular flexibility index (Phi) is 1.84. The van der Waals surface area contributed by atoms with Crippen LogP contribution in [-0.2, 0) is 7.05 Å². The summed E-state index contributed by atoms with van der Waals surface area (Å²) in [5, 5.41) is 12.2. The Bertz CT molecular complexity index is 283. The third-order valence-corrected chi connectivity index (χ3v) is 1.23. The van der Waals surface area contributed by atoms with Gasteiger partial charge in [0.1, 0.15) is 5.56 Å². The van der Waals surface area contributed by atoms with E-state index >= 15 is 0 Å². The summed E-state index contributed by atoms with van der Waals surface area (Å²) in [5.41, 5.74) is -0.0463. The van der Waals surface area contributed by atoms with E-state index in [-0.39, 0.29) is 11.4 Å². The standard InChI is InChI=1S/C5H5BN2O3/c1-8-4(11-6)3(2-7-8)5(9)10/h2H,1H3,(H,9,10). The Hall–Kier alpha value is -1.46. The molecule has 1 aromatic heterocycles. The molecule has 1 N–H and O–H groups in total. The third kappa shape index (κ3) is 1.19. The summed E-state index contributed by atoms with van der Waals surface area (Å²) in [7, 11) is 6.35. The van der Waals surface area contributed by atoms with E-state index in [2.05, 4.69) is 9.75 Å². The van der Waals surface area contributed by atoms with Crippen molar-refractivity contribution in [1.29, 1.82) is 0 Å². The van der Waals surface area contributed by atoms with Gasteiger partial charge < -0.3 is 9.76 Å². The molecule has 0 aliphatic carbocycles. The SMILES string of the molecule is [B]Oc1c(C(=O)O)cnn1C. The number of carboxylic acid groups (broad SMARTS) is 1. The molecule has 0 atom stereocenters. The molecule has 56 valence electrons. The highest BCUT2D eigenvalue weighted by atomic mass is 16.4. The highest BCUT2D eigenvalue weighted by molar-refractivity contribution is 6.01. The Morgan fingerprint density at radius 2 is 2.55 bits per heavy atom. The third-order valence-electron chi connectivity index (χ3n) is 1.23. The van der Waals surface area contributed by atoms with Gasteiger partial charge in [-0.3, -0.25) is 0 Å². The van der Waals surface area contributed by atoms with E-state index in [0.29, 0.717) is 0 Å². The van der Waals surface area contributed by atoms with Gasteiger partial charge in [-0.1, -0.05) is 0 Å². The van der Waals surface area contributed by atoms with Crippen LogP contribution in [-0.4, -0.2) is 28.9 Å². The zero-order chi connectivity index (χ0) is 8.43. The van der Waals surface area contributed by atoms with Crippen molar-refractivity contribution in [3.63, 3.8) is 0 Å². The van der Waals surface area contributed by atoms with Crippen LogP contribution in [0.5, 0.6) is 5.88 Å². The molecule has 0 unspecified atom stereocenters. The van der Waals surface area contributed by atoms with Gasteiger partial charge in [0, 0.05) is 7.05 Å². The summed E-state index contributed by atoms with van der Waals surface area (Å²) in [4.78, 5) is 10.4. The van der Waals surface area contributed by atoms with E-state index in [9.17, 15) is 4.79 Å². The molecule has 0 aliphatic rings. The first-order valence-electron chi connectivity index (χ1n) is 2.79. The smallest absolute Gasteiger partial charge is 0.376 e. The second-order valence-corrected chi connectivity index (χ2v) is 1.91. The minimum absolute atomic E-state index is 0.0394. The van der Waals surface area contributed by atoms with E-state index in [1.54, 1.807) is 0 Å². The number of hydrogen-bond acceptors (Lipinski definition) is 3. The summed E-state index contributed by atoms with van der Waals surface area (Å²) in [6.45, 7) is 0. The fourth-order valence-corrected chi connectivity index (χ4v) is 0.713. The van der Waals surface area contributed by atoms with Crippen molar-refractivity contribution in [2.75, 3.05) is 0 Å². The molecular weight excluding hydrogens is 147 g/mol. The van der Waals surface area contributed by atoms with Crippen molar-refractivity contribution in [2.24, 2.45) is 7.05 Å². The molecule has 11 heavy (non-hydrogen) atoms. The monoisotopic (exact) mass is 152 g/mol. The van der Waals surface area contributed by atoms with Gasteiger partial charge in [-0.25, -0.2) is 9.48 Å². The van der Waals surface area contributed by atoms with E-state index in [1.807, 2.05) is 0 Å². The van der Waals surface area contributed by atoms with Crippen LogP contribution < -0.4 is 4.65 Å². The van der Waals surface area contributed by atoms with Crippen molar-refractivity contribution >= 4 is 14.0 Å². The largest absolute Gasteiger partial charge is 0.555 e. The van der Waals surface area contributed by atoms with Crippen LogP contribution in [0.3, 0.4) is 0 Å². The Morgan fingerprint density at radius 1 is 1.91 bits per heavy atom. The van der Waals surface area contributed by atoms with Crippen molar-refractivity contribution in [1.82, 2.24) is 9.78 Å². The van der Waals surface area contributed by atoms with Crippen LogP contribution in [0.25, 0.3) is 0 Å². The molecule has 0 fully saturated rings. The zero-order valence-corrected chi connectivity index (χ0v) is 5.81. The first-order valence-corrected chi connectivity index (χ1v) is 2.79. The number of carbonyl (C=O) groups is 1. The van der Waals surface area contributed by atoms with Crippen molar-refractivity contribution in [2.45, 2.75) is 0 Å². The van der Waals surface area contributed by atoms with Gasteiger partial charge in [0.2, 0.25) is 5.88 Å². The minimum atomic E-state index is -1.11. The molecule has 1 heterocycles. The molecule has 0 saturated carbocycles. The van der Waals surface area contributed by atoms with Gasteiger partial charge >= 0.3 is 14.0 Å². The molecule has 1 rings (SSSR count). The highest BCUT2D eigenvalue weighted by Gasteiger charge is 2.14. The van der Waals surface area contributed by atoms with E-state index < -0.39 is 5.97 Å². The maximum atomic E-state index is 10.4. The summed E-state index contributed by atoms with van der Waals surface area (Å²) in [6, 6.07) is 0. The lowest BCUT2D eigenvalue weighted by Gasteiger charge is -2.00. The Morgan fingerprint density at radius 3 is 2.91 bits per heavy atom. The normalized spacial score (nSPS) is 9.55. The molecule has 0 saturated heterocycles. The van der Waals surface area contributed by atoms with Gasteiger partial charge in [-0.15, -0.1) is 0 Å². The zero-order valence-electron chi connectivity index (χ0n) is 5.81. The van der Waals surface area contributed by atoms with Crippen molar-refractivity contribution in [3.8, 4) is 5.88 Å². The van der Waals surface area contributed by atoms with E-state index in [0.717, 1.165) is 0 Å². The summed E-state index contributed by atoms with van der Waals surface area (Å²) in [6.07, 6.45) is 1.17. The van der Waals surface area contributed by atoms with Crippen LogP contribution in [0.2, 0.25) is 0 Å². The molecule has 0 amide bonds. The molecule has 5 nitrogen and oxygen atoms in total. The number of nitrogens with zero attached hydrogens (tertiary/aromatic N) is 2. The molecule has 0 bridgehead atoms. The Balaban J connectivity index is 3.15. The van der Waals surface area contributed by atoms with Crippen LogP contribution in [0.4, 0.5) is 0 Å². The van der Waals surface area contributed by atoms with E-state index in [4.69, 9.17) is 13.2 Å². The van der Waals surface area contributed by atoms with Crippen LogP contribution >= 0.6 is 0 Å². The maximum absolute atomic E-state index is 10.4. The molecule has 0 aliphatic heterocycles. The fourth-order valence-electron chi connectivity index (χ4n) is 0.713. The number of aryl methyl sites for hydroxylation is 1. The van der Waals surface area contributed by atoms with Crippen molar-refractivity contribution < 1.29 is 14.6 Å². The molecule has 2 radical (unpaired) electrons. The first-order chi connectivity index (χ1) is 5.16. The number of aromatic carboxylic acids is 1. The second kappa shape index (κ2) is 2.65. The molecular formula is C5H5BN2O3. The molecule has 0 spiro atoms. The summed E-state index contributed by atoms with van der Waals surface area (Å²) in [5.74, 6) is -1.07. The fraction of sp³-hybridized carbons (Fsp3) is 0.200. The lowest BCUT2D eigenvalue weighted by atomic mass is 10.3. The van der Waals surface area contributed by atoms with Crippen molar-refractivity contribution in [3.05, 3.63) is 11.8 Å². The van der Waals surface area contributed by atoms with E-state index in [1.165, 1.54) is 17.9 Å². The van der Waals surface area contributed by atoms with Gasteiger partial charge in [0.25, 0.3) is 0 Å². The van der Waals surface area contributed by atoms with Gasteiger partial charge in [-0.05, 0) is 0 Å². The average molecular weight is 152 g/mol. The Labute approximate surface area is 64.0 Å². The van der Waals surface area contributed by atoms with Gasteiger partial charge in [-0.2, -0.15) is 5.10 Å². The molecule has 1 aromatic rings. The summed E-state index contributed by atoms with van der Waals surface area (Å²) < 4.78 is 5.54. The van der Waals surface area contributed by atoms with Gasteiger partial charge in [0.15, 0.2) is 0 Å². The predicted molar refractivity (Wildman–Crippen MR) is 36.5 cm³/mol. The lowest BCUT2D eigenvalue weighted by Crippen LogP contribution is -2.01. The number of rotatable bonds is 2. The van der Waals surface area contributed by atoms with Crippen LogP contribution in [0, 0.1) is 0 Å². The average Bonchev–Trinajstić information content (AvgIpc) is 2.30. The molecule has 6 heteroatoms. The lowest BCUT2D eigenvalue weighted by molar-refractivity contribution is 0.0694. The van der Waals surface area contributed by atoms with Crippen LogP contribution in [0.1, 0.15) is 10.4 Å². The molecule has 0 aromatic carbocycles. The highest BCUT2D eigenvalue weighted by Crippen LogP contribution is 2.14.